The van der Waals surface area contributed by atoms with Crippen molar-refractivity contribution in [1.82, 2.24) is 9.78 Å². The van der Waals surface area contributed by atoms with Crippen LogP contribution in [-0.4, -0.2) is 36.3 Å². The molecule has 0 radical (unpaired) electrons. The molecule has 1 heterocycles. The summed E-state index contributed by atoms with van der Waals surface area (Å²) in [6, 6.07) is 1.75. The van der Waals surface area contributed by atoms with Gasteiger partial charge in [-0.05, 0) is 0 Å². The van der Waals surface area contributed by atoms with Crippen molar-refractivity contribution < 1.29 is 4.79 Å². The van der Waals surface area contributed by atoms with Crippen LogP contribution in [0.3, 0.4) is 0 Å². The minimum atomic E-state index is 0.0255. The van der Waals surface area contributed by atoms with Crippen molar-refractivity contribution in [3.8, 4) is 0 Å². The van der Waals surface area contributed by atoms with E-state index < -0.39 is 0 Å². The summed E-state index contributed by atoms with van der Waals surface area (Å²) in [5, 5.41) is 5.00. The zero-order valence-corrected chi connectivity index (χ0v) is 7.59. The molecule has 0 aliphatic carbocycles. The Labute approximate surface area is 73.3 Å². The van der Waals surface area contributed by atoms with Gasteiger partial charge in [0, 0.05) is 0 Å². The van der Waals surface area contributed by atoms with Crippen LogP contribution in [0.15, 0.2) is 6.07 Å². The van der Waals surface area contributed by atoms with Crippen molar-refractivity contribution in [3.05, 3.63) is 17.5 Å². The quantitative estimate of drug-likeness (QED) is 0.395. The summed E-state index contributed by atoms with van der Waals surface area (Å²) in [6.45, 7) is 1.53. The molecule has 3 nitrogen and oxygen atoms in total. The zero-order valence-electron chi connectivity index (χ0n) is 7.59. The van der Waals surface area contributed by atoms with Crippen LogP contribution in [0, 0.1) is 0 Å². The Morgan fingerprint density at radius 3 is 2.58 bits per heavy atom. The summed E-state index contributed by atoms with van der Waals surface area (Å²) in [5.74, 6) is 0.0255. The first kappa shape index (κ1) is 8.97. The van der Waals surface area contributed by atoms with Gasteiger partial charge in [0.2, 0.25) is 0 Å². The number of rotatable bonds is 2. The van der Waals surface area contributed by atoms with E-state index in [1.165, 1.54) is 6.92 Å². The fourth-order valence-corrected chi connectivity index (χ4v) is 1.01. The van der Waals surface area contributed by atoms with E-state index in [1.54, 1.807) is 17.8 Å². The second kappa shape index (κ2) is 3.09. The normalized spacial score (nSPS) is 9.75. The Morgan fingerprint density at radius 1 is 1.75 bits per heavy atom. The van der Waals surface area contributed by atoms with Crippen LogP contribution in [0.5, 0.6) is 0 Å². The van der Waals surface area contributed by atoms with Gasteiger partial charge in [0.05, 0.1) is 0 Å². The Bertz CT molecular complexity index is 343. The molecule has 60 valence electrons. The summed E-state index contributed by atoms with van der Waals surface area (Å²) in [5.41, 5.74) is 1.40. The second-order valence-corrected chi connectivity index (χ2v) is 2.87. The average Bonchev–Trinajstić information content (AvgIpc) is 2.30. The van der Waals surface area contributed by atoms with Crippen LogP contribution in [0.2, 0.25) is 0 Å². The summed E-state index contributed by atoms with van der Waals surface area (Å²) < 4.78 is 1.58. The number of hydrogen-bond acceptors (Lipinski definition) is 2. The average molecular weight is 160 g/mol. The van der Waals surface area contributed by atoms with E-state index in [1.807, 2.05) is 7.85 Å². The van der Waals surface area contributed by atoms with Crippen LogP contribution in [0.25, 0.3) is 0 Å². The molecule has 0 bridgehead atoms. The summed E-state index contributed by atoms with van der Waals surface area (Å²) in [7, 11) is 7.37. The molecule has 1 aromatic heterocycles. The molecule has 0 fully saturated rings. The zero-order chi connectivity index (χ0) is 9.30. The number of carbonyl (C=O) groups excluding carboxylic acids is 1. The Hall–Kier alpha value is -1.12. The number of hydrogen-bond donors (Lipinski definition) is 0. The van der Waals surface area contributed by atoms with Gasteiger partial charge in [0.1, 0.15) is 0 Å². The molecule has 0 atom stereocenters. The third-order valence-electron chi connectivity index (χ3n) is 1.68. The molecule has 0 N–H and O–H groups in total. The Morgan fingerprint density at radius 2 is 2.33 bits per heavy atom. The number of aryl methyl sites for hydroxylation is 1. The minimum absolute atomic E-state index is 0.0255. The molecular weight excluding hydrogens is 150 g/mol. The van der Waals surface area contributed by atoms with E-state index in [4.69, 9.17) is 0 Å². The second-order valence-electron chi connectivity index (χ2n) is 2.87. The van der Waals surface area contributed by atoms with Crippen LogP contribution >= 0.6 is 0 Å². The first-order chi connectivity index (χ1) is 5.52. The van der Waals surface area contributed by atoms with Crippen molar-refractivity contribution in [1.29, 1.82) is 0 Å². The van der Waals surface area contributed by atoms with Gasteiger partial charge >= 0.3 is 72.5 Å². The van der Waals surface area contributed by atoms with Crippen molar-refractivity contribution in [2.75, 3.05) is 0 Å². The fourth-order valence-electron chi connectivity index (χ4n) is 1.01. The first-order valence-corrected chi connectivity index (χ1v) is 3.73. The van der Waals surface area contributed by atoms with Gasteiger partial charge in [0.25, 0.3) is 0 Å². The van der Waals surface area contributed by atoms with Gasteiger partial charge in [-0.25, -0.2) is 0 Å². The van der Waals surface area contributed by atoms with Crippen molar-refractivity contribution >= 4 is 26.5 Å². The van der Waals surface area contributed by atoms with Crippen LogP contribution in [0.4, 0.5) is 0 Å². The van der Waals surface area contributed by atoms with E-state index >= 15 is 0 Å². The number of aromatic nitrogens is 2. The summed E-state index contributed by atoms with van der Waals surface area (Å²) >= 11 is 0. The van der Waals surface area contributed by atoms with Crippen molar-refractivity contribution in [3.63, 3.8) is 0 Å². The van der Waals surface area contributed by atoms with Crippen molar-refractivity contribution in [2.24, 2.45) is 7.05 Å². The molecule has 0 aliphatic heterocycles. The van der Waals surface area contributed by atoms with Crippen LogP contribution in [0.1, 0.15) is 23.1 Å². The van der Waals surface area contributed by atoms with E-state index in [0.29, 0.717) is 5.69 Å². The van der Waals surface area contributed by atoms with Gasteiger partial charge in [-0.2, -0.15) is 0 Å². The monoisotopic (exact) mass is 160 g/mol. The van der Waals surface area contributed by atoms with Crippen LogP contribution < -0.4 is 0 Å². The topological polar surface area (TPSA) is 34.9 Å². The molecule has 0 saturated carbocycles. The molecular formula is C7H10B2N2O. The number of Topliss-reactive ketones (excluding diaryl/α,β-unsaturated/α-hetero) is 1. The molecule has 5 heteroatoms. The molecule has 0 spiro atoms. The molecule has 12 heavy (non-hydrogen) atoms. The third kappa shape index (κ3) is 1.55. The van der Waals surface area contributed by atoms with E-state index in [9.17, 15) is 4.79 Å². The van der Waals surface area contributed by atoms with Gasteiger partial charge < -0.3 is 0 Å². The molecule has 0 aromatic carbocycles. The summed E-state index contributed by atoms with van der Waals surface area (Å²) in [4.78, 5) is 11.0. The van der Waals surface area contributed by atoms with E-state index in [-0.39, 0.29) is 5.78 Å². The SMILES string of the molecule is B=C(B)c1cc(C(C)=O)n(C)n1. The maximum absolute atomic E-state index is 11.0. The van der Waals surface area contributed by atoms with E-state index in [0.717, 1.165) is 11.1 Å². The van der Waals surface area contributed by atoms with Crippen LogP contribution in [-0.2, 0) is 7.05 Å². The first-order valence-electron chi connectivity index (χ1n) is 3.73. The van der Waals surface area contributed by atoms with Gasteiger partial charge in [-0.15, -0.1) is 0 Å². The standard InChI is InChI=1S/C7H10B2N2O/c1-4(12)6-3-5(7(8)9)10-11(6)2/h3,8H,9H2,1-2H3. The molecule has 1 rings (SSSR count). The number of ketones is 1. The van der Waals surface area contributed by atoms with Gasteiger partial charge in [-0.1, -0.05) is 0 Å². The Balaban J connectivity index is 3.17. The number of nitrogens with zero attached hydrogens (tertiary/aromatic N) is 2. The maximum atomic E-state index is 11.0. The molecule has 0 amide bonds. The number of carbonyl (C=O) groups is 1. The molecule has 1 aromatic rings. The van der Waals surface area contributed by atoms with E-state index in [2.05, 4.69) is 12.6 Å². The fraction of sp³-hybridized carbons (Fsp3) is 0.286. The summed E-state index contributed by atoms with van der Waals surface area (Å²) in [6.07, 6.45) is 0. The van der Waals surface area contributed by atoms with Gasteiger partial charge in [-0.3, -0.25) is 0 Å². The molecule has 0 saturated heterocycles. The molecule has 0 aliphatic rings. The predicted octanol–water partition coefficient (Wildman–Crippen LogP) is -1.37. The van der Waals surface area contributed by atoms with Gasteiger partial charge in [0.15, 0.2) is 0 Å². The third-order valence-corrected chi connectivity index (χ3v) is 1.68. The Kier molecular flexibility index (Phi) is 2.31. The molecule has 0 unspecified atom stereocenters. The van der Waals surface area contributed by atoms with Crippen molar-refractivity contribution in [2.45, 2.75) is 6.92 Å². The predicted molar refractivity (Wildman–Crippen MR) is 53.0 cm³/mol.